The molecule has 0 aliphatic carbocycles. The zero-order valence-electron chi connectivity index (χ0n) is 24.1. The summed E-state index contributed by atoms with van der Waals surface area (Å²) in [7, 11) is 0. The lowest BCUT2D eigenvalue weighted by atomic mass is 10.00. The third-order valence-corrected chi connectivity index (χ3v) is 7.53. The van der Waals surface area contributed by atoms with E-state index in [9.17, 15) is 39.6 Å². The first-order valence-electron chi connectivity index (χ1n) is 13.7. The largest absolute Gasteiger partial charge is 0.478 e. The van der Waals surface area contributed by atoms with E-state index in [4.69, 9.17) is 0 Å². The lowest BCUT2D eigenvalue weighted by molar-refractivity contribution is 0.0677. The van der Waals surface area contributed by atoms with Gasteiger partial charge < -0.3 is 30.2 Å². The van der Waals surface area contributed by atoms with Crippen LogP contribution in [0.3, 0.4) is 0 Å². The van der Waals surface area contributed by atoms with Crippen molar-refractivity contribution in [3.63, 3.8) is 0 Å². The average Bonchev–Trinajstić information content (AvgIpc) is 3.03. The molecule has 0 fully saturated rings. The van der Waals surface area contributed by atoms with Crippen LogP contribution in [0, 0.1) is 6.92 Å². The van der Waals surface area contributed by atoms with E-state index >= 15 is 0 Å². The maximum Gasteiger partial charge on any atom is 0.337 e. The topological polar surface area (TPSA) is 156 Å². The van der Waals surface area contributed by atoms with Crippen LogP contribution in [0.5, 0.6) is 0 Å². The summed E-state index contributed by atoms with van der Waals surface area (Å²) in [4.78, 5) is 53.1. The second kappa shape index (κ2) is 13.0. The van der Waals surface area contributed by atoms with Gasteiger partial charge in [-0.2, -0.15) is 0 Å². The minimum atomic E-state index is -1.36. The summed E-state index contributed by atoms with van der Waals surface area (Å²) >= 11 is 3.22. The molecule has 5 rings (SSSR count). The minimum absolute atomic E-state index is 0.0960. The molecule has 0 saturated carbocycles. The Bertz CT molecular complexity index is 1790. The van der Waals surface area contributed by atoms with Crippen LogP contribution < -0.4 is 9.80 Å². The lowest BCUT2D eigenvalue weighted by Crippen LogP contribution is -2.20. The van der Waals surface area contributed by atoms with Crippen molar-refractivity contribution < 1.29 is 39.6 Å². The van der Waals surface area contributed by atoms with Crippen molar-refractivity contribution in [1.82, 2.24) is 0 Å². The Morgan fingerprint density at radius 2 is 0.804 bits per heavy atom. The molecule has 46 heavy (non-hydrogen) atoms. The monoisotopic (exact) mass is 680 g/mol. The van der Waals surface area contributed by atoms with Gasteiger partial charge in [-0.1, -0.05) is 58.4 Å². The highest BCUT2D eigenvalue weighted by Gasteiger charge is 2.30. The minimum Gasteiger partial charge on any atom is -0.478 e. The van der Waals surface area contributed by atoms with Crippen LogP contribution in [0.2, 0.25) is 0 Å². The van der Waals surface area contributed by atoms with E-state index in [-0.39, 0.29) is 38.1 Å². The Hall–Kier alpha value is -5.94. The molecule has 0 amide bonds. The van der Waals surface area contributed by atoms with Crippen molar-refractivity contribution >= 4 is 73.9 Å². The van der Waals surface area contributed by atoms with Crippen molar-refractivity contribution in [2.24, 2.45) is 0 Å². The zero-order chi connectivity index (χ0) is 33.1. The van der Waals surface area contributed by atoms with Crippen LogP contribution in [-0.2, 0) is 0 Å². The molecule has 0 bridgehead atoms. The number of hydrogen-bond donors (Lipinski definition) is 4. The number of hydrogen-bond acceptors (Lipinski definition) is 6. The number of nitrogens with zero attached hydrogens (tertiary/aromatic N) is 2. The van der Waals surface area contributed by atoms with Crippen LogP contribution in [0.15, 0.2) is 114 Å². The molecule has 0 aromatic heterocycles. The molecule has 0 atom stereocenters. The van der Waals surface area contributed by atoms with Gasteiger partial charge in [0.1, 0.15) is 0 Å². The van der Waals surface area contributed by atoms with Crippen LogP contribution >= 0.6 is 15.9 Å². The number of aryl methyl sites for hydroxylation is 1. The van der Waals surface area contributed by atoms with Gasteiger partial charge in [0.2, 0.25) is 0 Å². The summed E-state index contributed by atoms with van der Waals surface area (Å²) in [5.74, 6) is -5.40. The first-order chi connectivity index (χ1) is 22.0. The number of aromatic carboxylic acids is 4. The number of carbonyl (C=O) groups is 4. The summed E-state index contributed by atoms with van der Waals surface area (Å²) in [6.45, 7) is 1.60. The second-order valence-electron chi connectivity index (χ2n) is 10.1. The molecule has 0 heterocycles. The fraction of sp³-hybridized carbons (Fsp3) is 0.0286. The maximum absolute atomic E-state index is 12.5. The Labute approximate surface area is 271 Å². The molecule has 0 aliphatic rings. The first kappa shape index (κ1) is 31.5. The Morgan fingerprint density at radius 1 is 0.478 bits per heavy atom. The average molecular weight is 681 g/mol. The zero-order valence-corrected chi connectivity index (χ0v) is 25.7. The number of rotatable bonds is 10. The van der Waals surface area contributed by atoms with Gasteiger partial charge in [0, 0.05) is 27.2 Å². The molecular formula is C35H25BrN2O8. The number of halogens is 1. The predicted molar refractivity (Wildman–Crippen MR) is 176 cm³/mol. The predicted octanol–water partition coefficient (Wildman–Crippen LogP) is 8.49. The van der Waals surface area contributed by atoms with Gasteiger partial charge in [0.05, 0.1) is 33.6 Å². The van der Waals surface area contributed by atoms with E-state index in [1.165, 1.54) is 34.1 Å². The van der Waals surface area contributed by atoms with Crippen molar-refractivity contribution in [3.05, 3.63) is 141 Å². The molecule has 5 aromatic rings. The van der Waals surface area contributed by atoms with E-state index in [0.717, 1.165) is 0 Å². The molecule has 11 heteroatoms. The lowest BCUT2D eigenvalue weighted by Gasteiger charge is -2.31. The highest BCUT2D eigenvalue weighted by molar-refractivity contribution is 9.10. The number of para-hydroxylation sites is 2. The van der Waals surface area contributed by atoms with E-state index in [2.05, 4.69) is 15.9 Å². The Balaban J connectivity index is 1.86. The number of carboxylic acid groups (broad SMARTS) is 4. The van der Waals surface area contributed by atoms with Gasteiger partial charge in [0.15, 0.2) is 0 Å². The van der Waals surface area contributed by atoms with Gasteiger partial charge in [-0.05, 0) is 79.2 Å². The molecule has 10 nitrogen and oxygen atoms in total. The molecule has 0 aliphatic heterocycles. The molecule has 5 aromatic carbocycles. The smallest absolute Gasteiger partial charge is 0.337 e. The van der Waals surface area contributed by atoms with Crippen molar-refractivity contribution in [2.45, 2.75) is 6.92 Å². The van der Waals surface area contributed by atoms with E-state index < -0.39 is 23.9 Å². The maximum atomic E-state index is 12.5. The third kappa shape index (κ3) is 6.17. The van der Waals surface area contributed by atoms with Crippen LogP contribution in [-0.4, -0.2) is 44.3 Å². The van der Waals surface area contributed by atoms with Gasteiger partial charge >= 0.3 is 23.9 Å². The number of anilines is 6. The van der Waals surface area contributed by atoms with Gasteiger partial charge in [-0.3, -0.25) is 0 Å². The van der Waals surface area contributed by atoms with Crippen molar-refractivity contribution in [1.29, 1.82) is 0 Å². The van der Waals surface area contributed by atoms with E-state index in [0.29, 0.717) is 28.3 Å². The fourth-order valence-corrected chi connectivity index (χ4v) is 5.71. The third-order valence-electron chi connectivity index (χ3n) is 7.07. The summed E-state index contributed by atoms with van der Waals surface area (Å²) in [6, 6.07) is 29.1. The Morgan fingerprint density at radius 3 is 1.15 bits per heavy atom. The molecule has 0 radical (unpaired) electrons. The highest BCUT2D eigenvalue weighted by atomic mass is 79.9. The van der Waals surface area contributed by atoms with Crippen molar-refractivity contribution in [3.8, 4) is 0 Å². The summed E-state index contributed by atoms with van der Waals surface area (Å²) < 4.78 is 0.254. The highest BCUT2D eigenvalue weighted by Crippen LogP contribution is 2.45. The van der Waals surface area contributed by atoms with Gasteiger partial charge in [-0.25, -0.2) is 19.2 Å². The van der Waals surface area contributed by atoms with E-state index in [1.807, 2.05) is 0 Å². The SMILES string of the molecule is Cc1cc(C(=O)O)c(N(c2ccccc2)c2cccc(N(c3ccccc3)c3c(C(=O)O)cc(Br)cc3C(=O)O)c2)c(C(=O)O)c1. The Kier molecular flexibility index (Phi) is 8.87. The van der Waals surface area contributed by atoms with Gasteiger partial charge in [0.25, 0.3) is 0 Å². The van der Waals surface area contributed by atoms with E-state index in [1.54, 1.807) is 91.9 Å². The molecule has 230 valence electrons. The number of benzene rings is 5. The van der Waals surface area contributed by atoms with Crippen LogP contribution in [0.1, 0.15) is 47.0 Å². The molecule has 0 spiro atoms. The molecule has 0 saturated heterocycles. The summed E-state index contributed by atoms with van der Waals surface area (Å²) in [5.41, 5.74) is 0.664. The summed E-state index contributed by atoms with van der Waals surface area (Å²) in [6.07, 6.45) is 0. The fourth-order valence-electron chi connectivity index (χ4n) is 5.25. The van der Waals surface area contributed by atoms with Crippen molar-refractivity contribution in [2.75, 3.05) is 9.80 Å². The van der Waals surface area contributed by atoms with Gasteiger partial charge in [-0.15, -0.1) is 0 Å². The number of carboxylic acids is 4. The molecule has 0 unspecified atom stereocenters. The van der Waals surface area contributed by atoms with Crippen LogP contribution in [0.4, 0.5) is 34.1 Å². The standard InChI is InChI=1S/C35H25BrN2O8/c1-20-15-26(32(39)40)30(27(16-20)33(41)42)37(22-9-4-2-5-10-22)24-13-8-14-25(19-24)38(23-11-6-3-7-12-23)31-28(34(43)44)17-21(36)18-29(31)35(45)46/h2-19H,1H3,(H,39,40)(H,41,42)(H,43,44)(H,45,46). The first-order valence-corrected chi connectivity index (χ1v) is 14.5. The summed E-state index contributed by atoms with van der Waals surface area (Å²) in [5, 5.41) is 40.9. The normalized spacial score (nSPS) is 10.7. The second-order valence-corrected chi connectivity index (χ2v) is 11.1. The quantitative estimate of drug-likeness (QED) is 0.113. The molecular weight excluding hydrogens is 656 g/mol. The van der Waals surface area contributed by atoms with Crippen LogP contribution in [0.25, 0.3) is 0 Å². The molecule has 4 N–H and O–H groups in total.